The first-order valence-electron chi connectivity index (χ1n) is 6.20. The molecule has 0 aromatic carbocycles. The molecule has 5 heteroatoms. The molecule has 1 atom stereocenters. The topological polar surface area (TPSA) is 84.2 Å². The largest absolute Gasteiger partial charge is 0.355 e. The van der Waals surface area contributed by atoms with Crippen LogP contribution in [-0.2, 0) is 9.59 Å². The van der Waals surface area contributed by atoms with Crippen molar-refractivity contribution in [3.05, 3.63) is 0 Å². The summed E-state index contributed by atoms with van der Waals surface area (Å²) in [5.41, 5.74) is 5.55. The summed E-state index contributed by atoms with van der Waals surface area (Å²) >= 11 is 0. The number of hydrogen-bond acceptors (Lipinski definition) is 3. The molecule has 0 saturated carbocycles. The Morgan fingerprint density at radius 2 is 1.71 bits per heavy atom. The summed E-state index contributed by atoms with van der Waals surface area (Å²) in [5.74, 6) is 0.269. The summed E-state index contributed by atoms with van der Waals surface area (Å²) in [6.45, 7) is 6.62. The minimum Gasteiger partial charge on any atom is -0.355 e. The molecule has 17 heavy (non-hydrogen) atoms. The molecule has 0 heterocycles. The van der Waals surface area contributed by atoms with E-state index in [0.29, 0.717) is 18.9 Å². The summed E-state index contributed by atoms with van der Waals surface area (Å²) in [6.07, 6.45) is 2.07. The van der Waals surface area contributed by atoms with Crippen molar-refractivity contribution < 1.29 is 9.59 Å². The first-order chi connectivity index (χ1) is 7.91. The summed E-state index contributed by atoms with van der Waals surface area (Å²) in [5, 5.41) is 5.29. The van der Waals surface area contributed by atoms with E-state index >= 15 is 0 Å². The molecule has 0 aromatic rings. The molecule has 5 nitrogen and oxygen atoms in total. The molecule has 0 aromatic heterocycles. The maximum absolute atomic E-state index is 11.3. The van der Waals surface area contributed by atoms with Crippen LogP contribution in [0.2, 0.25) is 0 Å². The zero-order chi connectivity index (χ0) is 13.3. The second kappa shape index (κ2) is 8.98. The normalized spacial score (nSPS) is 12.3. The summed E-state index contributed by atoms with van der Waals surface area (Å²) in [4.78, 5) is 22.6. The molecule has 100 valence electrons. The molecule has 2 amide bonds. The Labute approximate surface area is 104 Å². The molecule has 0 radical (unpaired) electrons. The Morgan fingerprint density at radius 3 is 2.24 bits per heavy atom. The van der Waals surface area contributed by atoms with Crippen molar-refractivity contribution in [1.82, 2.24) is 10.6 Å². The van der Waals surface area contributed by atoms with Crippen LogP contribution in [-0.4, -0.2) is 30.9 Å². The highest BCUT2D eigenvalue weighted by Gasteiger charge is 2.06. The van der Waals surface area contributed by atoms with E-state index in [1.54, 1.807) is 0 Å². The number of carbonyl (C=O) groups is 2. The minimum atomic E-state index is -0.163. The number of carbonyl (C=O) groups excluding carboxylic acids is 2. The van der Waals surface area contributed by atoms with E-state index in [4.69, 9.17) is 5.73 Å². The van der Waals surface area contributed by atoms with Gasteiger partial charge in [-0.3, -0.25) is 9.59 Å². The third-order valence-electron chi connectivity index (χ3n) is 2.32. The first kappa shape index (κ1) is 15.9. The van der Waals surface area contributed by atoms with Gasteiger partial charge in [0, 0.05) is 19.0 Å². The predicted octanol–water partition coefficient (Wildman–Crippen LogP) is 0.392. The molecule has 0 aliphatic rings. The molecule has 0 saturated heterocycles. The number of rotatable bonds is 8. The van der Waals surface area contributed by atoms with Gasteiger partial charge in [-0.05, 0) is 25.7 Å². The van der Waals surface area contributed by atoms with Crippen LogP contribution < -0.4 is 16.4 Å². The third kappa shape index (κ3) is 11.2. The molecule has 0 aliphatic heterocycles. The standard InChI is InChI=1S/C12H25N3O2/c1-9(2)4-5-11(16)15-8-12(17)14-7-6-10(3)13/h9-10H,4-8,13H2,1-3H3,(H,14,17)(H,15,16). The fourth-order valence-corrected chi connectivity index (χ4v) is 1.19. The summed E-state index contributed by atoms with van der Waals surface area (Å²) in [6, 6.07) is 0.0796. The van der Waals surface area contributed by atoms with Gasteiger partial charge in [-0.25, -0.2) is 0 Å². The van der Waals surface area contributed by atoms with E-state index in [1.807, 2.05) is 6.92 Å². The average molecular weight is 243 g/mol. The second-order valence-corrected chi connectivity index (χ2v) is 4.83. The zero-order valence-corrected chi connectivity index (χ0v) is 11.1. The van der Waals surface area contributed by atoms with Gasteiger partial charge < -0.3 is 16.4 Å². The van der Waals surface area contributed by atoms with E-state index in [0.717, 1.165) is 12.8 Å². The Morgan fingerprint density at radius 1 is 1.06 bits per heavy atom. The highest BCUT2D eigenvalue weighted by Crippen LogP contribution is 2.02. The van der Waals surface area contributed by atoms with Gasteiger partial charge in [0.25, 0.3) is 0 Å². The Kier molecular flexibility index (Phi) is 8.40. The molecule has 1 unspecified atom stereocenters. The van der Waals surface area contributed by atoms with Crippen molar-refractivity contribution in [3.63, 3.8) is 0 Å². The number of nitrogens with two attached hydrogens (primary N) is 1. The maximum atomic E-state index is 11.3. The van der Waals surface area contributed by atoms with Crippen molar-refractivity contribution in [2.75, 3.05) is 13.1 Å². The third-order valence-corrected chi connectivity index (χ3v) is 2.32. The van der Waals surface area contributed by atoms with Crippen LogP contribution in [0.4, 0.5) is 0 Å². The van der Waals surface area contributed by atoms with Gasteiger partial charge in [-0.2, -0.15) is 0 Å². The lowest BCUT2D eigenvalue weighted by Gasteiger charge is -2.09. The fourth-order valence-electron chi connectivity index (χ4n) is 1.19. The molecule has 0 aliphatic carbocycles. The smallest absolute Gasteiger partial charge is 0.239 e. The van der Waals surface area contributed by atoms with E-state index in [1.165, 1.54) is 0 Å². The van der Waals surface area contributed by atoms with Crippen LogP contribution in [0.1, 0.15) is 40.0 Å². The molecule has 0 bridgehead atoms. The van der Waals surface area contributed by atoms with E-state index < -0.39 is 0 Å². The van der Waals surface area contributed by atoms with Gasteiger partial charge >= 0.3 is 0 Å². The highest BCUT2D eigenvalue weighted by atomic mass is 16.2. The van der Waals surface area contributed by atoms with Gasteiger partial charge in [0.1, 0.15) is 0 Å². The van der Waals surface area contributed by atoms with Gasteiger partial charge in [0.05, 0.1) is 6.54 Å². The van der Waals surface area contributed by atoms with Crippen LogP contribution in [0.5, 0.6) is 0 Å². The van der Waals surface area contributed by atoms with E-state index in [-0.39, 0.29) is 24.4 Å². The van der Waals surface area contributed by atoms with Crippen molar-refractivity contribution in [1.29, 1.82) is 0 Å². The quantitative estimate of drug-likeness (QED) is 0.576. The lowest BCUT2D eigenvalue weighted by atomic mass is 10.1. The molecular formula is C12H25N3O2. The predicted molar refractivity (Wildman–Crippen MR) is 68.4 cm³/mol. The average Bonchev–Trinajstić information content (AvgIpc) is 2.23. The van der Waals surface area contributed by atoms with Crippen molar-refractivity contribution in [2.24, 2.45) is 11.7 Å². The van der Waals surface area contributed by atoms with Gasteiger partial charge in [0.2, 0.25) is 11.8 Å². The van der Waals surface area contributed by atoms with Crippen molar-refractivity contribution in [2.45, 2.75) is 46.1 Å². The SMILES string of the molecule is CC(C)CCC(=O)NCC(=O)NCCC(C)N. The molecule has 0 rings (SSSR count). The van der Waals surface area contributed by atoms with E-state index in [9.17, 15) is 9.59 Å². The van der Waals surface area contributed by atoms with Gasteiger partial charge in [-0.15, -0.1) is 0 Å². The number of nitrogens with one attached hydrogen (secondary N) is 2. The minimum absolute atomic E-state index is 0.0515. The Hall–Kier alpha value is -1.10. The lowest BCUT2D eigenvalue weighted by Crippen LogP contribution is -2.38. The van der Waals surface area contributed by atoms with Crippen LogP contribution in [0.25, 0.3) is 0 Å². The molecule has 0 fully saturated rings. The van der Waals surface area contributed by atoms with Crippen LogP contribution >= 0.6 is 0 Å². The van der Waals surface area contributed by atoms with Crippen molar-refractivity contribution >= 4 is 11.8 Å². The maximum Gasteiger partial charge on any atom is 0.239 e. The Bertz CT molecular complexity index is 240. The zero-order valence-electron chi connectivity index (χ0n) is 11.1. The van der Waals surface area contributed by atoms with Gasteiger partial charge in [-0.1, -0.05) is 13.8 Å². The van der Waals surface area contributed by atoms with Crippen molar-refractivity contribution in [3.8, 4) is 0 Å². The monoisotopic (exact) mass is 243 g/mol. The van der Waals surface area contributed by atoms with Crippen LogP contribution in [0.15, 0.2) is 0 Å². The van der Waals surface area contributed by atoms with Gasteiger partial charge in [0.15, 0.2) is 0 Å². The molecule has 0 spiro atoms. The summed E-state index contributed by atoms with van der Waals surface area (Å²) in [7, 11) is 0. The first-order valence-corrected chi connectivity index (χ1v) is 6.20. The summed E-state index contributed by atoms with van der Waals surface area (Å²) < 4.78 is 0. The van der Waals surface area contributed by atoms with Crippen LogP contribution in [0, 0.1) is 5.92 Å². The molecule has 4 N–H and O–H groups in total. The number of amides is 2. The lowest BCUT2D eigenvalue weighted by molar-refractivity contribution is -0.126. The van der Waals surface area contributed by atoms with E-state index in [2.05, 4.69) is 24.5 Å². The Balaban J connectivity index is 3.52. The number of hydrogen-bond donors (Lipinski definition) is 3. The second-order valence-electron chi connectivity index (χ2n) is 4.83. The molecular weight excluding hydrogens is 218 g/mol. The highest BCUT2D eigenvalue weighted by molar-refractivity contribution is 5.84. The van der Waals surface area contributed by atoms with Crippen LogP contribution in [0.3, 0.4) is 0 Å². The fraction of sp³-hybridized carbons (Fsp3) is 0.833.